The summed E-state index contributed by atoms with van der Waals surface area (Å²) in [6.07, 6.45) is 3.42. The van der Waals surface area contributed by atoms with Gasteiger partial charge in [0.2, 0.25) is 0 Å². The van der Waals surface area contributed by atoms with E-state index in [2.05, 4.69) is 6.07 Å². The summed E-state index contributed by atoms with van der Waals surface area (Å²) in [6.45, 7) is 2.02. The van der Waals surface area contributed by atoms with Gasteiger partial charge in [0.25, 0.3) is 0 Å². The van der Waals surface area contributed by atoms with E-state index in [9.17, 15) is 22.8 Å². The van der Waals surface area contributed by atoms with Crippen molar-refractivity contribution in [2.45, 2.75) is 38.8 Å². The minimum absolute atomic E-state index is 0.0576. The molecule has 0 unspecified atom stereocenters. The van der Waals surface area contributed by atoms with E-state index in [0.29, 0.717) is 12.0 Å². The molecule has 0 aliphatic heterocycles. The van der Waals surface area contributed by atoms with Crippen molar-refractivity contribution in [3.63, 3.8) is 0 Å². The number of ketones is 2. The van der Waals surface area contributed by atoms with E-state index < -0.39 is 11.7 Å². The van der Waals surface area contributed by atoms with Gasteiger partial charge < -0.3 is 0 Å². The second-order valence-electron chi connectivity index (χ2n) is 8.50. The fourth-order valence-corrected chi connectivity index (χ4v) is 3.69. The van der Waals surface area contributed by atoms with Crippen LogP contribution in [0.2, 0.25) is 0 Å². The molecule has 0 amide bonds. The van der Waals surface area contributed by atoms with Gasteiger partial charge in [0.15, 0.2) is 0 Å². The topological polar surface area (TPSA) is 34.1 Å². The Morgan fingerprint density at radius 3 is 1.77 bits per heavy atom. The van der Waals surface area contributed by atoms with Crippen LogP contribution in [-0.4, -0.2) is 11.6 Å². The zero-order valence-corrected chi connectivity index (χ0v) is 19.5. The first-order valence-electron chi connectivity index (χ1n) is 11.4. The SMILES string of the molecule is Cc1cccc(/C=C/CC(=O)Cc2cccc(CC(=O)C/C=C/c3cccc(C(F)(F)F)c3)c2)c1. The molecule has 3 aromatic rings. The maximum absolute atomic E-state index is 12.8. The van der Waals surface area contributed by atoms with Crippen molar-refractivity contribution in [1.82, 2.24) is 0 Å². The van der Waals surface area contributed by atoms with E-state index >= 15 is 0 Å². The average molecular weight is 477 g/mol. The number of carbonyl (C=O) groups excluding carboxylic acids is 2. The van der Waals surface area contributed by atoms with Crippen LogP contribution in [0.1, 0.15) is 46.2 Å². The highest BCUT2D eigenvalue weighted by molar-refractivity contribution is 5.84. The van der Waals surface area contributed by atoms with E-state index in [1.165, 1.54) is 12.1 Å². The lowest BCUT2D eigenvalue weighted by atomic mass is 10.0. The summed E-state index contributed by atoms with van der Waals surface area (Å²) in [5.41, 5.74) is 3.55. The minimum atomic E-state index is -4.40. The standard InChI is InChI=1S/C30H27F3O2/c1-22-7-2-8-23(17-22)10-5-15-28(34)20-25-12-3-13-26(18-25)21-29(35)16-6-11-24-9-4-14-27(19-24)30(31,32)33/h2-14,17-19H,15-16,20-21H2,1H3/b10-5+,11-6+. The van der Waals surface area contributed by atoms with E-state index in [1.807, 2.05) is 61.5 Å². The van der Waals surface area contributed by atoms with E-state index in [0.717, 1.165) is 34.4 Å². The van der Waals surface area contributed by atoms with Crippen LogP contribution < -0.4 is 0 Å². The van der Waals surface area contributed by atoms with Gasteiger partial charge in [0, 0.05) is 25.7 Å². The number of Topliss-reactive ketones (excluding diaryl/α,β-unsaturated/α-hetero) is 2. The molecule has 0 saturated carbocycles. The van der Waals surface area contributed by atoms with Crippen LogP contribution in [0.15, 0.2) is 84.9 Å². The summed E-state index contributed by atoms with van der Waals surface area (Å²) in [4.78, 5) is 24.7. The summed E-state index contributed by atoms with van der Waals surface area (Å²) in [6, 6.07) is 20.4. The number of carbonyl (C=O) groups is 2. The molecule has 0 atom stereocenters. The Labute approximate surface area is 203 Å². The van der Waals surface area contributed by atoms with Gasteiger partial charge in [-0.3, -0.25) is 9.59 Å². The smallest absolute Gasteiger partial charge is 0.299 e. The van der Waals surface area contributed by atoms with Crippen molar-refractivity contribution in [3.05, 3.63) is 118 Å². The number of hydrogen-bond donors (Lipinski definition) is 0. The number of benzene rings is 3. The highest BCUT2D eigenvalue weighted by atomic mass is 19.4. The number of alkyl halides is 3. The van der Waals surface area contributed by atoms with Crippen molar-refractivity contribution in [3.8, 4) is 0 Å². The highest BCUT2D eigenvalue weighted by Gasteiger charge is 2.30. The molecule has 3 aromatic carbocycles. The Balaban J connectivity index is 1.50. The molecule has 0 heterocycles. The van der Waals surface area contributed by atoms with Crippen LogP contribution in [0.4, 0.5) is 13.2 Å². The van der Waals surface area contributed by atoms with Gasteiger partial charge in [-0.05, 0) is 41.3 Å². The lowest BCUT2D eigenvalue weighted by molar-refractivity contribution is -0.137. The zero-order valence-electron chi connectivity index (χ0n) is 19.5. The van der Waals surface area contributed by atoms with Crippen molar-refractivity contribution in [2.75, 3.05) is 0 Å². The Morgan fingerprint density at radius 2 is 1.23 bits per heavy atom. The number of hydrogen-bond acceptors (Lipinski definition) is 2. The molecule has 180 valence electrons. The number of aryl methyl sites for hydroxylation is 1. The second-order valence-corrected chi connectivity index (χ2v) is 8.50. The minimum Gasteiger partial charge on any atom is -0.299 e. The van der Waals surface area contributed by atoms with Crippen LogP contribution in [0.3, 0.4) is 0 Å². The van der Waals surface area contributed by atoms with E-state index in [-0.39, 0.29) is 30.8 Å². The third kappa shape index (κ3) is 8.85. The second kappa shape index (κ2) is 12.1. The first-order chi connectivity index (χ1) is 16.7. The number of allylic oxidation sites excluding steroid dienone is 2. The molecule has 0 saturated heterocycles. The van der Waals surface area contributed by atoms with Crippen LogP contribution in [0.25, 0.3) is 12.2 Å². The van der Waals surface area contributed by atoms with Crippen molar-refractivity contribution in [2.24, 2.45) is 0 Å². The Morgan fingerprint density at radius 1 is 0.714 bits per heavy atom. The molecule has 5 heteroatoms. The van der Waals surface area contributed by atoms with E-state index in [1.54, 1.807) is 12.1 Å². The first kappa shape index (κ1) is 25.9. The van der Waals surface area contributed by atoms with Gasteiger partial charge in [-0.1, -0.05) is 90.5 Å². The molecule has 0 fully saturated rings. The molecule has 0 aromatic heterocycles. The predicted octanol–water partition coefficient (Wildman–Crippen LogP) is 7.44. The maximum Gasteiger partial charge on any atom is 0.416 e. The molecule has 2 nitrogen and oxygen atoms in total. The van der Waals surface area contributed by atoms with Gasteiger partial charge in [-0.25, -0.2) is 0 Å². The molecule has 0 aliphatic rings. The zero-order chi connectivity index (χ0) is 25.3. The normalized spacial score (nSPS) is 11.9. The van der Waals surface area contributed by atoms with Crippen molar-refractivity contribution in [1.29, 1.82) is 0 Å². The molecular formula is C30H27F3O2. The molecule has 0 N–H and O–H groups in total. The molecule has 3 rings (SSSR count). The third-order valence-electron chi connectivity index (χ3n) is 5.36. The van der Waals surface area contributed by atoms with Crippen LogP contribution >= 0.6 is 0 Å². The first-order valence-corrected chi connectivity index (χ1v) is 11.4. The van der Waals surface area contributed by atoms with Crippen LogP contribution in [0.5, 0.6) is 0 Å². The summed E-state index contributed by atoms with van der Waals surface area (Å²) in [5, 5.41) is 0. The van der Waals surface area contributed by atoms with Gasteiger partial charge in [-0.2, -0.15) is 13.2 Å². The molecule has 35 heavy (non-hydrogen) atoms. The highest BCUT2D eigenvalue weighted by Crippen LogP contribution is 2.29. The molecule has 0 radical (unpaired) electrons. The summed E-state index contributed by atoms with van der Waals surface area (Å²) in [7, 11) is 0. The lowest BCUT2D eigenvalue weighted by Gasteiger charge is -2.06. The number of halogens is 3. The lowest BCUT2D eigenvalue weighted by Crippen LogP contribution is -2.04. The Kier molecular flexibility index (Phi) is 8.96. The van der Waals surface area contributed by atoms with Crippen molar-refractivity contribution < 1.29 is 22.8 Å². The van der Waals surface area contributed by atoms with Crippen molar-refractivity contribution >= 4 is 23.7 Å². The van der Waals surface area contributed by atoms with Gasteiger partial charge in [0.05, 0.1) is 5.56 Å². The molecule has 0 spiro atoms. The Hall–Kier alpha value is -3.73. The summed E-state index contributed by atoms with van der Waals surface area (Å²) < 4.78 is 38.4. The average Bonchev–Trinajstić information content (AvgIpc) is 2.79. The Bertz CT molecular complexity index is 1240. The largest absolute Gasteiger partial charge is 0.416 e. The maximum atomic E-state index is 12.8. The quantitative estimate of drug-likeness (QED) is 0.305. The molecule has 0 aliphatic carbocycles. The van der Waals surface area contributed by atoms with Gasteiger partial charge in [0.1, 0.15) is 11.6 Å². The monoisotopic (exact) mass is 476 g/mol. The number of rotatable bonds is 10. The van der Waals surface area contributed by atoms with Gasteiger partial charge in [-0.15, -0.1) is 0 Å². The summed E-state index contributed by atoms with van der Waals surface area (Å²) in [5.74, 6) is 0.0270. The third-order valence-corrected chi connectivity index (χ3v) is 5.36. The molecular weight excluding hydrogens is 449 g/mol. The van der Waals surface area contributed by atoms with Gasteiger partial charge >= 0.3 is 6.18 Å². The predicted molar refractivity (Wildman–Crippen MR) is 134 cm³/mol. The fraction of sp³-hybridized carbons (Fsp3) is 0.200. The fourth-order valence-electron chi connectivity index (χ4n) is 3.69. The summed E-state index contributed by atoms with van der Waals surface area (Å²) >= 11 is 0. The molecule has 0 bridgehead atoms. The van der Waals surface area contributed by atoms with Crippen LogP contribution in [0, 0.1) is 6.92 Å². The van der Waals surface area contributed by atoms with Crippen LogP contribution in [-0.2, 0) is 28.6 Å². The van der Waals surface area contributed by atoms with E-state index in [4.69, 9.17) is 0 Å².